The molecule has 28 heavy (non-hydrogen) atoms. The number of likely N-dealkylation sites (tertiary alicyclic amines) is 1. The van der Waals surface area contributed by atoms with Crippen LogP contribution >= 0.6 is 12.4 Å². The average Bonchev–Trinajstić information content (AvgIpc) is 3.04. The Morgan fingerprint density at radius 1 is 1.11 bits per heavy atom. The van der Waals surface area contributed by atoms with Gasteiger partial charge in [-0.25, -0.2) is 13.6 Å². The van der Waals surface area contributed by atoms with Crippen LogP contribution in [0.3, 0.4) is 0 Å². The number of hydrogen-bond acceptors (Lipinski definition) is 5. The molecule has 0 radical (unpaired) electrons. The average molecular weight is 425 g/mol. The molecule has 2 aromatic rings. The minimum atomic E-state index is -3.81. The van der Waals surface area contributed by atoms with Crippen molar-refractivity contribution in [3.63, 3.8) is 0 Å². The second-order valence-electron chi connectivity index (χ2n) is 6.83. The first-order chi connectivity index (χ1) is 12.9. The number of carbonyl (C=O) groups excluding carboxylic acids is 1. The fourth-order valence-electron chi connectivity index (χ4n) is 3.56. The number of halogens is 1. The van der Waals surface area contributed by atoms with E-state index in [4.69, 9.17) is 10.9 Å². The zero-order valence-corrected chi connectivity index (χ0v) is 17.0. The Labute approximate surface area is 171 Å². The minimum Gasteiger partial charge on any atom is -0.330 e. The first-order valence-electron chi connectivity index (χ1n) is 8.77. The number of nitrogens with zero attached hydrogens (tertiary/aromatic N) is 1. The molecule has 5 N–H and O–H groups in total. The van der Waals surface area contributed by atoms with E-state index in [0.717, 1.165) is 13.1 Å². The van der Waals surface area contributed by atoms with E-state index in [1.54, 1.807) is 12.1 Å². The number of amides is 1. The van der Waals surface area contributed by atoms with Gasteiger partial charge in [-0.1, -0.05) is 36.4 Å². The van der Waals surface area contributed by atoms with E-state index >= 15 is 0 Å². The summed E-state index contributed by atoms with van der Waals surface area (Å²) in [5.41, 5.74) is 7.58. The van der Waals surface area contributed by atoms with Crippen LogP contribution in [0.4, 0.5) is 5.69 Å². The summed E-state index contributed by atoms with van der Waals surface area (Å²) in [4.78, 5) is 14.4. The van der Waals surface area contributed by atoms with Crippen LogP contribution in [0.25, 0.3) is 0 Å². The number of carbonyl (C=O) groups is 1. The molecule has 9 heteroatoms. The Morgan fingerprint density at radius 2 is 1.82 bits per heavy atom. The molecular formula is C19H25ClN4O3S. The molecule has 1 aliphatic heterocycles. The molecular weight excluding hydrogens is 400 g/mol. The van der Waals surface area contributed by atoms with Crippen LogP contribution in [-0.2, 0) is 14.8 Å². The molecule has 0 spiro atoms. The molecule has 0 bridgehead atoms. The van der Waals surface area contributed by atoms with Gasteiger partial charge in [0.2, 0.25) is 15.9 Å². The lowest BCUT2D eigenvalue weighted by Gasteiger charge is -2.16. The van der Waals surface area contributed by atoms with Gasteiger partial charge in [0.15, 0.2) is 0 Å². The maximum Gasteiger partial charge on any atom is 0.238 e. The molecule has 7 nitrogen and oxygen atoms in total. The summed E-state index contributed by atoms with van der Waals surface area (Å²) in [6.07, 6.45) is 0. The van der Waals surface area contributed by atoms with Crippen molar-refractivity contribution < 1.29 is 13.2 Å². The molecule has 0 unspecified atom stereocenters. The van der Waals surface area contributed by atoms with E-state index in [0.29, 0.717) is 24.1 Å². The Balaban J connectivity index is 0.00000280. The van der Waals surface area contributed by atoms with Crippen LogP contribution in [0.5, 0.6) is 0 Å². The third-order valence-electron chi connectivity index (χ3n) is 4.86. The number of hydrogen-bond donors (Lipinski definition) is 3. The van der Waals surface area contributed by atoms with Gasteiger partial charge < -0.3 is 11.1 Å². The van der Waals surface area contributed by atoms with Gasteiger partial charge in [-0.05, 0) is 36.2 Å². The van der Waals surface area contributed by atoms with E-state index in [1.807, 2.05) is 18.2 Å². The van der Waals surface area contributed by atoms with Crippen molar-refractivity contribution in [2.75, 3.05) is 31.5 Å². The number of anilines is 1. The van der Waals surface area contributed by atoms with Crippen LogP contribution in [0.1, 0.15) is 11.5 Å². The van der Waals surface area contributed by atoms with Crippen LogP contribution < -0.4 is 16.2 Å². The third kappa shape index (κ3) is 5.52. The number of benzene rings is 2. The first-order valence-corrected chi connectivity index (χ1v) is 10.3. The van der Waals surface area contributed by atoms with E-state index in [1.165, 1.54) is 17.7 Å². The van der Waals surface area contributed by atoms with Gasteiger partial charge in [0, 0.05) is 24.7 Å². The fourth-order valence-corrected chi connectivity index (χ4v) is 4.12. The molecule has 0 aliphatic carbocycles. The van der Waals surface area contributed by atoms with Crippen molar-refractivity contribution in [2.24, 2.45) is 16.8 Å². The summed E-state index contributed by atoms with van der Waals surface area (Å²) in [5, 5.41) is 7.87. The van der Waals surface area contributed by atoms with Crippen molar-refractivity contribution in [3.8, 4) is 0 Å². The van der Waals surface area contributed by atoms with E-state index < -0.39 is 10.0 Å². The van der Waals surface area contributed by atoms with Gasteiger partial charge >= 0.3 is 0 Å². The quantitative estimate of drug-likeness (QED) is 0.647. The highest BCUT2D eigenvalue weighted by molar-refractivity contribution is 7.89. The van der Waals surface area contributed by atoms with E-state index in [-0.39, 0.29) is 29.8 Å². The third-order valence-corrected chi connectivity index (χ3v) is 5.77. The Bertz CT molecular complexity index is 908. The standard InChI is InChI=1S/C19H24N4O3S.ClH/c20-10-15-11-23(12-18(15)14-5-2-1-3-6-14)13-19(24)22-16-7-4-8-17(9-16)27(21,25)26;/h1-9,15,18H,10-13,20H2,(H,22,24)(H2,21,25,26);1H/t15-,18+;/m1./s1. The predicted octanol–water partition coefficient (Wildman–Crippen LogP) is 1.37. The van der Waals surface area contributed by atoms with Crippen LogP contribution in [-0.4, -0.2) is 45.4 Å². The summed E-state index contributed by atoms with van der Waals surface area (Å²) in [6, 6.07) is 16.1. The van der Waals surface area contributed by atoms with Gasteiger partial charge in [0.25, 0.3) is 0 Å². The Hall–Kier alpha value is -1.97. The topological polar surface area (TPSA) is 119 Å². The zero-order valence-electron chi connectivity index (χ0n) is 15.3. The van der Waals surface area contributed by atoms with Crippen molar-refractivity contribution in [3.05, 3.63) is 60.2 Å². The van der Waals surface area contributed by atoms with Gasteiger partial charge in [-0.3, -0.25) is 9.69 Å². The van der Waals surface area contributed by atoms with Crippen molar-refractivity contribution in [1.29, 1.82) is 0 Å². The normalized spacial score (nSPS) is 19.8. The van der Waals surface area contributed by atoms with Crippen molar-refractivity contribution >= 4 is 34.0 Å². The minimum absolute atomic E-state index is 0. The molecule has 3 rings (SSSR count). The molecule has 2 aromatic carbocycles. The van der Waals surface area contributed by atoms with Gasteiger partial charge in [-0.15, -0.1) is 12.4 Å². The van der Waals surface area contributed by atoms with Crippen LogP contribution in [0.2, 0.25) is 0 Å². The molecule has 1 amide bonds. The molecule has 0 saturated carbocycles. The highest BCUT2D eigenvalue weighted by atomic mass is 35.5. The number of nitrogens with one attached hydrogen (secondary N) is 1. The number of rotatable bonds is 6. The molecule has 1 heterocycles. The summed E-state index contributed by atoms with van der Waals surface area (Å²) in [6.45, 7) is 2.30. The van der Waals surface area contributed by atoms with E-state index in [9.17, 15) is 13.2 Å². The molecule has 0 aromatic heterocycles. The lowest BCUT2D eigenvalue weighted by atomic mass is 9.89. The van der Waals surface area contributed by atoms with E-state index in [2.05, 4.69) is 22.3 Å². The van der Waals surface area contributed by atoms with Crippen LogP contribution in [0.15, 0.2) is 59.5 Å². The predicted molar refractivity (Wildman–Crippen MR) is 112 cm³/mol. The van der Waals surface area contributed by atoms with Crippen LogP contribution in [0, 0.1) is 5.92 Å². The second kappa shape index (κ2) is 9.49. The van der Waals surface area contributed by atoms with Gasteiger partial charge in [0.05, 0.1) is 11.4 Å². The molecule has 1 saturated heterocycles. The molecule has 1 aliphatic rings. The zero-order chi connectivity index (χ0) is 19.4. The monoisotopic (exact) mass is 424 g/mol. The molecule has 2 atom stereocenters. The fraction of sp³-hybridized carbons (Fsp3) is 0.316. The summed E-state index contributed by atoms with van der Waals surface area (Å²) in [7, 11) is -3.81. The van der Waals surface area contributed by atoms with Gasteiger partial charge in [0.1, 0.15) is 0 Å². The summed E-state index contributed by atoms with van der Waals surface area (Å²) < 4.78 is 22.9. The largest absolute Gasteiger partial charge is 0.330 e. The SMILES string of the molecule is Cl.NC[C@@H]1CN(CC(=O)Nc2cccc(S(N)(=O)=O)c2)C[C@H]1c1ccccc1. The smallest absolute Gasteiger partial charge is 0.238 e. The summed E-state index contributed by atoms with van der Waals surface area (Å²) >= 11 is 0. The molecule has 1 fully saturated rings. The lowest BCUT2D eigenvalue weighted by Crippen LogP contribution is -2.32. The second-order valence-corrected chi connectivity index (χ2v) is 8.39. The van der Waals surface area contributed by atoms with Crippen molar-refractivity contribution in [1.82, 2.24) is 4.90 Å². The Morgan fingerprint density at radius 3 is 2.46 bits per heavy atom. The summed E-state index contributed by atoms with van der Waals surface area (Å²) in [5.74, 6) is 0.395. The number of sulfonamides is 1. The maximum atomic E-state index is 12.4. The number of primary sulfonamides is 1. The van der Waals surface area contributed by atoms with Gasteiger partial charge in [-0.2, -0.15) is 0 Å². The highest BCUT2D eigenvalue weighted by Gasteiger charge is 2.33. The Kier molecular flexibility index (Phi) is 7.56. The lowest BCUT2D eigenvalue weighted by molar-refractivity contribution is -0.117. The first kappa shape index (κ1) is 22.3. The number of nitrogens with two attached hydrogens (primary N) is 2. The highest BCUT2D eigenvalue weighted by Crippen LogP contribution is 2.31. The molecule has 152 valence electrons. The maximum absolute atomic E-state index is 12.4. The van der Waals surface area contributed by atoms with Crippen molar-refractivity contribution in [2.45, 2.75) is 10.8 Å².